The number of fused-ring (bicyclic) bond motifs is 1. The number of β-amino-alcohol motifs (C(OH)–C–C–N with tert-alkyl or cyclic N) is 1. The van der Waals surface area contributed by atoms with Crippen LogP contribution >= 0.6 is 0 Å². The fourth-order valence-electron chi connectivity index (χ4n) is 8.35. The van der Waals surface area contributed by atoms with Crippen LogP contribution in [0.4, 0.5) is 0 Å². The lowest BCUT2D eigenvalue weighted by Crippen LogP contribution is -2.64. The summed E-state index contributed by atoms with van der Waals surface area (Å²) in [6.07, 6.45) is 10.5. The Hall–Kier alpha value is -0.890. The minimum absolute atomic E-state index is 0.0372. The molecule has 0 aromatic heterocycles. The van der Waals surface area contributed by atoms with Crippen molar-refractivity contribution in [2.45, 2.75) is 101 Å². The Labute approximate surface area is 259 Å². The van der Waals surface area contributed by atoms with Crippen LogP contribution in [0.15, 0.2) is 0 Å². The predicted octanol–water partition coefficient (Wildman–Crippen LogP) is 0.348. The van der Waals surface area contributed by atoms with Crippen molar-refractivity contribution in [2.24, 2.45) is 17.8 Å². The van der Waals surface area contributed by atoms with Gasteiger partial charge in [0.25, 0.3) is 0 Å². The van der Waals surface area contributed by atoms with Crippen LogP contribution in [-0.2, 0) is 14.3 Å². The highest BCUT2D eigenvalue weighted by Gasteiger charge is 2.38. The van der Waals surface area contributed by atoms with Crippen molar-refractivity contribution in [2.75, 3.05) is 78.8 Å². The summed E-state index contributed by atoms with van der Waals surface area (Å²) in [4.78, 5) is 20.9. The van der Waals surface area contributed by atoms with E-state index in [1.165, 1.54) is 32.1 Å². The first kappa shape index (κ1) is 32.1. The van der Waals surface area contributed by atoms with Gasteiger partial charge in [-0.2, -0.15) is 0 Å². The number of piperazine rings is 1. The normalized spacial score (nSPS) is 37.5. The van der Waals surface area contributed by atoms with Gasteiger partial charge >= 0.3 is 0 Å². The number of rotatable bonds is 12. The molecule has 43 heavy (non-hydrogen) atoms. The van der Waals surface area contributed by atoms with Crippen LogP contribution in [0.3, 0.4) is 0 Å². The number of likely N-dealkylation sites (tertiary alicyclic amines) is 1. The van der Waals surface area contributed by atoms with Crippen LogP contribution in [0.5, 0.6) is 0 Å². The van der Waals surface area contributed by atoms with Gasteiger partial charge in [0.1, 0.15) is 0 Å². The molecule has 11 heteroatoms. The number of nitrogens with one attached hydrogen (secondary N) is 4. The molecular weight excluding hydrogens is 546 g/mol. The molecule has 6 rings (SSSR count). The van der Waals surface area contributed by atoms with Gasteiger partial charge in [-0.25, -0.2) is 0 Å². The smallest absolute Gasteiger partial charge is 0.223 e. The third-order valence-electron chi connectivity index (χ3n) is 11.3. The van der Waals surface area contributed by atoms with E-state index in [1.54, 1.807) is 0 Å². The zero-order valence-electron chi connectivity index (χ0n) is 26.6. The van der Waals surface area contributed by atoms with Crippen LogP contribution in [0.2, 0.25) is 0 Å². The lowest BCUT2D eigenvalue weighted by molar-refractivity contribution is -0.128. The molecule has 0 radical (unpaired) electrons. The molecule has 4 heterocycles. The molecule has 4 aliphatic heterocycles. The van der Waals surface area contributed by atoms with Gasteiger partial charge in [0, 0.05) is 64.3 Å². The lowest BCUT2D eigenvalue weighted by Gasteiger charge is -2.46. The fraction of sp³-hybridized carbons (Fsp3) is 0.969. The number of ether oxygens (including phenoxy) is 2. The maximum absolute atomic E-state index is 13.5. The highest BCUT2D eigenvalue weighted by molar-refractivity contribution is 5.78. The number of aliphatic hydroxyl groups excluding tert-OH is 1. The van der Waals surface area contributed by atoms with E-state index in [-0.39, 0.29) is 30.3 Å². The number of hydrogen-bond donors (Lipinski definition) is 5. The summed E-state index contributed by atoms with van der Waals surface area (Å²) < 4.78 is 11.9. The van der Waals surface area contributed by atoms with E-state index < -0.39 is 6.10 Å². The average Bonchev–Trinajstić information content (AvgIpc) is 3.54. The third kappa shape index (κ3) is 8.89. The maximum Gasteiger partial charge on any atom is 0.223 e. The second-order valence-corrected chi connectivity index (χ2v) is 14.3. The van der Waals surface area contributed by atoms with Crippen molar-refractivity contribution in [3.8, 4) is 0 Å². The summed E-state index contributed by atoms with van der Waals surface area (Å²) in [5, 5.41) is 25.0. The molecule has 6 aliphatic rings. The number of piperidine rings is 2. The molecule has 6 fully saturated rings. The van der Waals surface area contributed by atoms with Crippen molar-refractivity contribution in [1.29, 1.82) is 0 Å². The second-order valence-electron chi connectivity index (χ2n) is 14.3. The number of carbonyl (C=O) groups excluding carboxylic acids is 1. The monoisotopic (exact) mass is 605 g/mol. The summed E-state index contributed by atoms with van der Waals surface area (Å²) in [7, 11) is 0. The largest absolute Gasteiger partial charge is 0.390 e. The van der Waals surface area contributed by atoms with Gasteiger partial charge in [-0.1, -0.05) is 13.3 Å². The second kappa shape index (κ2) is 15.6. The number of aliphatic hydroxyl groups is 1. The van der Waals surface area contributed by atoms with E-state index in [1.807, 2.05) is 0 Å². The molecule has 4 saturated heterocycles. The van der Waals surface area contributed by atoms with Crippen LogP contribution in [0, 0.1) is 17.8 Å². The van der Waals surface area contributed by atoms with E-state index in [0.717, 1.165) is 78.0 Å². The Bertz CT molecular complexity index is 867. The molecule has 7 unspecified atom stereocenters. The molecule has 0 aromatic rings. The Kier molecular flexibility index (Phi) is 11.6. The van der Waals surface area contributed by atoms with Crippen molar-refractivity contribution >= 4 is 5.91 Å². The molecule has 5 N–H and O–H groups in total. The molecule has 0 spiro atoms. The van der Waals surface area contributed by atoms with Crippen LogP contribution in [0.25, 0.3) is 0 Å². The highest BCUT2D eigenvalue weighted by Crippen LogP contribution is 2.37. The Balaban J connectivity index is 0.922. The summed E-state index contributed by atoms with van der Waals surface area (Å²) in [6, 6.07) is 0.578. The van der Waals surface area contributed by atoms with E-state index >= 15 is 0 Å². The Morgan fingerprint density at radius 1 is 1.02 bits per heavy atom. The quantitative estimate of drug-likeness (QED) is 0.214. The molecule has 2 saturated carbocycles. The first-order valence-corrected chi connectivity index (χ1v) is 17.6. The minimum atomic E-state index is -0.538. The first-order valence-electron chi connectivity index (χ1n) is 17.6. The topological polar surface area (TPSA) is 114 Å². The van der Waals surface area contributed by atoms with Gasteiger partial charge in [-0.3, -0.25) is 25.6 Å². The van der Waals surface area contributed by atoms with Gasteiger partial charge in [0.15, 0.2) is 0 Å². The summed E-state index contributed by atoms with van der Waals surface area (Å²) >= 11 is 0. The maximum atomic E-state index is 13.5. The molecule has 2 aliphatic carbocycles. The number of amides is 1. The van der Waals surface area contributed by atoms with Gasteiger partial charge < -0.3 is 29.7 Å². The number of carbonyl (C=O) groups is 1. The summed E-state index contributed by atoms with van der Waals surface area (Å²) in [5.41, 5.74) is 0. The molecule has 8 atom stereocenters. The van der Waals surface area contributed by atoms with Crippen molar-refractivity contribution in [3.63, 3.8) is 0 Å². The highest BCUT2D eigenvalue weighted by atomic mass is 16.5. The van der Waals surface area contributed by atoms with Gasteiger partial charge in [-0.05, 0) is 76.3 Å². The third-order valence-corrected chi connectivity index (χ3v) is 11.3. The zero-order valence-corrected chi connectivity index (χ0v) is 26.6. The standard InChI is InChI=1S/C32H59N7O4/c1-2-37-10-12-39(13-11-37)31-16-25(15-30(36-31)35-26-4-3-5-26)32(41)34-17-27(40)20-38-9-8-23-14-28(7-6-24(23)19-38)42-21-29-18-33-22-43-29/h23-31,33,35-36,40H,2-22H2,1H3,(H,34,41)/t23?,24?,25?,27-,28?,29?,30?,31?/m0/s1. The van der Waals surface area contributed by atoms with Crippen LogP contribution in [-0.4, -0.2) is 141 Å². The molecule has 0 bridgehead atoms. The van der Waals surface area contributed by atoms with E-state index in [0.29, 0.717) is 50.4 Å². The van der Waals surface area contributed by atoms with E-state index in [9.17, 15) is 9.90 Å². The summed E-state index contributed by atoms with van der Waals surface area (Å²) in [5.74, 6) is 1.47. The molecule has 11 nitrogen and oxygen atoms in total. The summed E-state index contributed by atoms with van der Waals surface area (Å²) in [6.45, 7) is 12.9. The SMILES string of the molecule is CCN1CCN(C2CC(C(=O)NC[C@H](O)CN3CCC4CC(OCC5CNCO5)CCC4C3)CC(NC3CCC3)N2)CC1. The Morgan fingerprint density at radius 2 is 1.88 bits per heavy atom. The number of hydrogen-bond acceptors (Lipinski definition) is 10. The average molecular weight is 606 g/mol. The van der Waals surface area contributed by atoms with Crippen molar-refractivity contribution < 1.29 is 19.4 Å². The molecule has 0 aromatic carbocycles. The predicted molar refractivity (Wildman–Crippen MR) is 166 cm³/mol. The minimum Gasteiger partial charge on any atom is -0.390 e. The van der Waals surface area contributed by atoms with Crippen molar-refractivity contribution in [1.82, 2.24) is 36.0 Å². The lowest BCUT2D eigenvalue weighted by atomic mass is 9.74. The van der Waals surface area contributed by atoms with Gasteiger partial charge in [0.05, 0.1) is 44.0 Å². The molecule has 246 valence electrons. The van der Waals surface area contributed by atoms with Crippen molar-refractivity contribution in [3.05, 3.63) is 0 Å². The van der Waals surface area contributed by atoms with Gasteiger partial charge in [0.2, 0.25) is 5.91 Å². The fourth-order valence-corrected chi connectivity index (χ4v) is 8.35. The van der Waals surface area contributed by atoms with Crippen LogP contribution < -0.4 is 21.3 Å². The molecule has 1 amide bonds. The van der Waals surface area contributed by atoms with E-state index in [2.05, 4.69) is 42.9 Å². The Morgan fingerprint density at radius 3 is 2.63 bits per heavy atom. The molecular formula is C32H59N7O4. The van der Waals surface area contributed by atoms with Gasteiger partial charge in [-0.15, -0.1) is 0 Å². The first-order chi connectivity index (χ1) is 21.0. The van der Waals surface area contributed by atoms with Crippen LogP contribution in [0.1, 0.15) is 64.7 Å². The van der Waals surface area contributed by atoms with E-state index in [4.69, 9.17) is 9.47 Å². The number of likely N-dealkylation sites (N-methyl/N-ethyl adjacent to an activating group) is 1. The zero-order chi connectivity index (χ0) is 29.6. The number of nitrogens with zero attached hydrogens (tertiary/aromatic N) is 3.